The van der Waals surface area contributed by atoms with E-state index in [0.29, 0.717) is 12.1 Å². The molecular weight excluding hydrogens is 214 g/mol. The summed E-state index contributed by atoms with van der Waals surface area (Å²) in [7, 11) is 0. The van der Waals surface area contributed by atoms with Crippen molar-refractivity contribution in [3.8, 4) is 6.07 Å². The van der Waals surface area contributed by atoms with E-state index in [2.05, 4.69) is 23.2 Å². The first-order valence-corrected chi connectivity index (χ1v) is 6.64. The molecule has 0 radical (unpaired) electrons. The van der Waals surface area contributed by atoms with Gasteiger partial charge in [0.25, 0.3) is 0 Å². The van der Waals surface area contributed by atoms with Gasteiger partial charge in [0.2, 0.25) is 0 Å². The molecule has 0 aromatic carbocycles. The maximum absolute atomic E-state index is 9.30. The number of nitriles is 1. The summed E-state index contributed by atoms with van der Waals surface area (Å²) in [6, 6.07) is 3.50. The van der Waals surface area contributed by atoms with Gasteiger partial charge in [-0.25, -0.2) is 0 Å². The Morgan fingerprint density at radius 2 is 2.29 bits per heavy atom. The monoisotopic (exact) mass is 237 g/mol. The molecule has 96 valence electrons. The standard InChI is InChI=1S/C13H23N3O/c1-11-9-17-8-7-16(11)6-5-13(2,10-14)15-12-3-4-12/h11-12,15H,3-9H2,1-2H3. The zero-order chi connectivity index (χ0) is 12.3. The summed E-state index contributed by atoms with van der Waals surface area (Å²) >= 11 is 0. The fourth-order valence-corrected chi connectivity index (χ4v) is 2.30. The Morgan fingerprint density at radius 3 is 2.88 bits per heavy atom. The van der Waals surface area contributed by atoms with Gasteiger partial charge in [0.05, 0.1) is 19.3 Å². The van der Waals surface area contributed by atoms with Gasteiger partial charge in [-0.3, -0.25) is 10.2 Å². The minimum atomic E-state index is -0.362. The maximum Gasteiger partial charge on any atom is 0.105 e. The van der Waals surface area contributed by atoms with Crippen molar-refractivity contribution in [1.82, 2.24) is 10.2 Å². The summed E-state index contributed by atoms with van der Waals surface area (Å²) in [5.74, 6) is 0. The lowest BCUT2D eigenvalue weighted by Gasteiger charge is -2.35. The second-order valence-electron chi connectivity index (χ2n) is 5.57. The minimum Gasteiger partial charge on any atom is -0.379 e. The molecule has 0 amide bonds. The Labute approximate surface area is 104 Å². The summed E-state index contributed by atoms with van der Waals surface area (Å²) in [6.07, 6.45) is 3.35. The SMILES string of the molecule is CC1COCCN1CCC(C)(C#N)NC1CC1. The molecule has 4 heteroatoms. The Bertz CT molecular complexity index is 298. The van der Waals surface area contributed by atoms with Crippen molar-refractivity contribution >= 4 is 0 Å². The van der Waals surface area contributed by atoms with E-state index in [1.54, 1.807) is 0 Å². The van der Waals surface area contributed by atoms with Crippen molar-refractivity contribution in [3.05, 3.63) is 0 Å². The molecule has 2 atom stereocenters. The smallest absolute Gasteiger partial charge is 0.105 e. The highest BCUT2D eigenvalue weighted by atomic mass is 16.5. The van der Waals surface area contributed by atoms with Crippen molar-refractivity contribution in [2.45, 2.75) is 50.7 Å². The van der Waals surface area contributed by atoms with E-state index in [1.165, 1.54) is 12.8 Å². The van der Waals surface area contributed by atoms with Crippen LogP contribution in [0.1, 0.15) is 33.1 Å². The average molecular weight is 237 g/mol. The number of nitrogens with zero attached hydrogens (tertiary/aromatic N) is 2. The molecular formula is C13H23N3O. The van der Waals surface area contributed by atoms with Crippen molar-refractivity contribution in [2.24, 2.45) is 0 Å². The van der Waals surface area contributed by atoms with E-state index in [9.17, 15) is 5.26 Å². The number of nitrogens with one attached hydrogen (secondary N) is 1. The Morgan fingerprint density at radius 1 is 1.53 bits per heavy atom. The number of hydrogen-bond acceptors (Lipinski definition) is 4. The molecule has 2 aliphatic rings. The second-order valence-corrected chi connectivity index (χ2v) is 5.57. The zero-order valence-corrected chi connectivity index (χ0v) is 10.9. The number of rotatable bonds is 5. The second kappa shape index (κ2) is 5.34. The lowest BCUT2D eigenvalue weighted by Crippen LogP contribution is -2.49. The van der Waals surface area contributed by atoms with Gasteiger partial charge in [-0.15, -0.1) is 0 Å². The van der Waals surface area contributed by atoms with Gasteiger partial charge in [-0.05, 0) is 33.1 Å². The molecule has 0 aromatic rings. The Balaban J connectivity index is 1.80. The molecule has 2 unspecified atom stereocenters. The summed E-state index contributed by atoms with van der Waals surface area (Å²) in [4.78, 5) is 2.42. The van der Waals surface area contributed by atoms with Crippen LogP contribution in [-0.2, 0) is 4.74 Å². The van der Waals surface area contributed by atoms with E-state index in [0.717, 1.165) is 32.7 Å². The van der Waals surface area contributed by atoms with Gasteiger partial charge in [-0.2, -0.15) is 5.26 Å². The van der Waals surface area contributed by atoms with Gasteiger partial charge in [-0.1, -0.05) is 0 Å². The molecule has 17 heavy (non-hydrogen) atoms. The first-order chi connectivity index (χ1) is 8.13. The fourth-order valence-electron chi connectivity index (χ4n) is 2.30. The van der Waals surface area contributed by atoms with Crippen LogP contribution in [0.4, 0.5) is 0 Å². The van der Waals surface area contributed by atoms with Crippen LogP contribution < -0.4 is 5.32 Å². The first-order valence-electron chi connectivity index (χ1n) is 6.64. The molecule has 2 fully saturated rings. The third kappa shape index (κ3) is 3.67. The van der Waals surface area contributed by atoms with Crippen LogP contribution in [0, 0.1) is 11.3 Å². The molecule has 0 bridgehead atoms. The lowest BCUT2D eigenvalue weighted by atomic mass is 9.99. The lowest BCUT2D eigenvalue weighted by molar-refractivity contribution is -0.00268. The molecule has 1 heterocycles. The van der Waals surface area contributed by atoms with Crippen LogP contribution in [-0.4, -0.2) is 48.8 Å². The van der Waals surface area contributed by atoms with Crippen LogP contribution >= 0.6 is 0 Å². The minimum absolute atomic E-state index is 0.362. The molecule has 2 rings (SSSR count). The maximum atomic E-state index is 9.30. The summed E-state index contributed by atoms with van der Waals surface area (Å²) in [5.41, 5.74) is -0.362. The topological polar surface area (TPSA) is 48.3 Å². The molecule has 0 spiro atoms. The van der Waals surface area contributed by atoms with Crippen LogP contribution in [0.2, 0.25) is 0 Å². The van der Waals surface area contributed by atoms with Gasteiger partial charge in [0, 0.05) is 25.2 Å². The van der Waals surface area contributed by atoms with Crippen molar-refractivity contribution in [2.75, 3.05) is 26.3 Å². The highest BCUT2D eigenvalue weighted by Crippen LogP contribution is 2.24. The molecule has 1 N–H and O–H groups in total. The predicted molar refractivity (Wildman–Crippen MR) is 66.6 cm³/mol. The first kappa shape index (κ1) is 12.8. The van der Waals surface area contributed by atoms with Crippen molar-refractivity contribution in [1.29, 1.82) is 5.26 Å². The summed E-state index contributed by atoms with van der Waals surface area (Å²) < 4.78 is 5.42. The summed E-state index contributed by atoms with van der Waals surface area (Å²) in [6.45, 7) is 7.83. The van der Waals surface area contributed by atoms with Gasteiger partial charge < -0.3 is 4.74 Å². The van der Waals surface area contributed by atoms with E-state index in [-0.39, 0.29) is 5.54 Å². The van der Waals surface area contributed by atoms with Crippen molar-refractivity contribution in [3.63, 3.8) is 0 Å². The quantitative estimate of drug-likeness (QED) is 0.779. The van der Waals surface area contributed by atoms with E-state index in [1.807, 2.05) is 6.92 Å². The van der Waals surface area contributed by atoms with Crippen molar-refractivity contribution < 1.29 is 4.74 Å². The molecule has 1 aliphatic carbocycles. The molecule has 1 saturated carbocycles. The van der Waals surface area contributed by atoms with Gasteiger partial charge in [0.1, 0.15) is 5.54 Å². The highest BCUT2D eigenvalue weighted by molar-refractivity contribution is 5.07. The summed E-state index contributed by atoms with van der Waals surface area (Å²) in [5, 5.41) is 12.8. The molecule has 1 aliphatic heterocycles. The Kier molecular flexibility index (Phi) is 4.03. The van der Waals surface area contributed by atoms with Crippen LogP contribution in [0.3, 0.4) is 0 Å². The number of morpholine rings is 1. The third-order valence-electron chi connectivity index (χ3n) is 3.75. The van der Waals surface area contributed by atoms with E-state index >= 15 is 0 Å². The van der Waals surface area contributed by atoms with Gasteiger partial charge in [0.15, 0.2) is 0 Å². The van der Waals surface area contributed by atoms with Crippen LogP contribution in [0.25, 0.3) is 0 Å². The third-order valence-corrected chi connectivity index (χ3v) is 3.75. The Hall–Kier alpha value is -0.630. The zero-order valence-electron chi connectivity index (χ0n) is 10.9. The highest BCUT2D eigenvalue weighted by Gasteiger charge is 2.33. The number of ether oxygens (including phenoxy) is 1. The van der Waals surface area contributed by atoms with E-state index < -0.39 is 0 Å². The normalized spacial score (nSPS) is 29.6. The van der Waals surface area contributed by atoms with E-state index in [4.69, 9.17) is 4.74 Å². The molecule has 0 aromatic heterocycles. The molecule has 1 saturated heterocycles. The van der Waals surface area contributed by atoms with Crippen LogP contribution in [0.5, 0.6) is 0 Å². The molecule has 4 nitrogen and oxygen atoms in total. The largest absolute Gasteiger partial charge is 0.379 e. The van der Waals surface area contributed by atoms with Crippen LogP contribution in [0.15, 0.2) is 0 Å². The fraction of sp³-hybridized carbons (Fsp3) is 0.923. The average Bonchev–Trinajstić information content (AvgIpc) is 3.12. The van der Waals surface area contributed by atoms with Gasteiger partial charge >= 0.3 is 0 Å². The number of hydrogen-bond donors (Lipinski definition) is 1. The predicted octanol–water partition coefficient (Wildman–Crippen LogP) is 1.13.